The third kappa shape index (κ3) is 2.39. The molecule has 2 heterocycles. The third-order valence-corrected chi connectivity index (χ3v) is 3.06. The van der Waals surface area contributed by atoms with Crippen LogP contribution in [0.2, 0.25) is 0 Å². The Morgan fingerprint density at radius 1 is 1.35 bits per heavy atom. The van der Waals surface area contributed by atoms with Crippen molar-refractivity contribution in [2.24, 2.45) is 7.05 Å². The number of rotatable bonds is 4. The van der Waals surface area contributed by atoms with Crippen LogP contribution in [0.1, 0.15) is 22.5 Å². The van der Waals surface area contributed by atoms with Crippen LogP contribution in [0.25, 0.3) is 0 Å². The molecule has 1 N–H and O–H groups in total. The van der Waals surface area contributed by atoms with Gasteiger partial charge in [0.25, 0.3) is 0 Å². The van der Waals surface area contributed by atoms with E-state index in [9.17, 15) is 5.11 Å². The molecule has 0 atom stereocenters. The van der Waals surface area contributed by atoms with Crippen LogP contribution in [-0.4, -0.2) is 24.7 Å². The molecule has 0 saturated heterocycles. The van der Waals surface area contributed by atoms with Crippen molar-refractivity contribution in [3.05, 3.63) is 34.9 Å². The summed E-state index contributed by atoms with van der Waals surface area (Å²) in [5, 5.41) is 17.8. The monoisotopic (exact) mass is 234 g/mol. The molecule has 0 bridgehead atoms. The summed E-state index contributed by atoms with van der Waals surface area (Å²) in [5.74, 6) is 0. The second-order valence-corrected chi connectivity index (χ2v) is 4.30. The first-order valence-electron chi connectivity index (χ1n) is 5.73. The molecule has 2 aromatic rings. The minimum absolute atomic E-state index is 0.0601. The Kier molecular flexibility index (Phi) is 3.28. The molecule has 0 unspecified atom stereocenters. The van der Waals surface area contributed by atoms with Crippen molar-refractivity contribution in [2.45, 2.75) is 33.4 Å². The number of aliphatic hydroxyl groups excluding tert-OH is 1. The lowest BCUT2D eigenvalue weighted by atomic mass is 10.2. The van der Waals surface area contributed by atoms with Crippen LogP contribution in [0, 0.1) is 13.8 Å². The predicted octanol–water partition coefficient (Wildman–Crippen LogP) is 0.968. The molecule has 0 aliphatic heterocycles. The smallest absolute Gasteiger partial charge is 0.0718 e. The van der Waals surface area contributed by atoms with Crippen molar-refractivity contribution < 1.29 is 5.11 Å². The summed E-state index contributed by atoms with van der Waals surface area (Å²) in [6.45, 7) is 4.80. The largest absolute Gasteiger partial charge is 0.392 e. The van der Waals surface area contributed by atoms with E-state index in [2.05, 4.69) is 10.2 Å². The summed E-state index contributed by atoms with van der Waals surface area (Å²) in [7, 11) is 1.91. The van der Waals surface area contributed by atoms with E-state index < -0.39 is 0 Å². The van der Waals surface area contributed by atoms with Crippen molar-refractivity contribution in [3.63, 3.8) is 0 Å². The van der Waals surface area contributed by atoms with E-state index in [1.165, 1.54) is 5.56 Å². The minimum Gasteiger partial charge on any atom is -0.392 e. The van der Waals surface area contributed by atoms with Crippen molar-refractivity contribution >= 4 is 0 Å². The first-order chi connectivity index (χ1) is 8.11. The minimum atomic E-state index is 0.0601. The number of hydrogen-bond donors (Lipinski definition) is 1. The molecule has 5 nitrogen and oxygen atoms in total. The predicted molar refractivity (Wildman–Crippen MR) is 64.5 cm³/mol. The van der Waals surface area contributed by atoms with Gasteiger partial charge in [0.15, 0.2) is 0 Å². The molecule has 2 aromatic heterocycles. The maximum absolute atomic E-state index is 9.23. The molecule has 5 heteroatoms. The van der Waals surface area contributed by atoms with Crippen LogP contribution in [0.4, 0.5) is 0 Å². The Balaban J connectivity index is 2.09. The number of hydrogen-bond acceptors (Lipinski definition) is 3. The van der Waals surface area contributed by atoms with Gasteiger partial charge in [0.1, 0.15) is 0 Å². The van der Waals surface area contributed by atoms with Crippen molar-refractivity contribution in [1.82, 2.24) is 19.6 Å². The Morgan fingerprint density at radius 2 is 2.12 bits per heavy atom. The van der Waals surface area contributed by atoms with Crippen LogP contribution in [0.3, 0.4) is 0 Å². The van der Waals surface area contributed by atoms with Crippen LogP contribution in [-0.2, 0) is 26.6 Å². The molecule has 0 fully saturated rings. The molecule has 0 aliphatic carbocycles. The average Bonchev–Trinajstić information content (AvgIpc) is 2.81. The van der Waals surface area contributed by atoms with E-state index in [1.807, 2.05) is 38.0 Å². The Labute approximate surface area is 101 Å². The van der Waals surface area contributed by atoms with Crippen LogP contribution in [0.5, 0.6) is 0 Å². The number of aliphatic hydroxyl groups is 1. The highest BCUT2D eigenvalue weighted by molar-refractivity contribution is 5.23. The normalized spacial score (nSPS) is 11.1. The first-order valence-corrected chi connectivity index (χ1v) is 5.73. The highest BCUT2D eigenvalue weighted by Crippen LogP contribution is 2.13. The highest BCUT2D eigenvalue weighted by Gasteiger charge is 2.10. The lowest BCUT2D eigenvalue weighted by molar-refractivity contribution is 0.280. The molecule has 0 amide bonds. The van der Waals surface area contributed by atoms with Crippen LogP contribution < -0.4 is 0 Å². The van der Waals surface area contributed by atoms with Crippen molar-refractivity contribution in [2.75, 3.05) is 0 Å². The van der Waals surface area contributed by atoms with E-state index >= 15 is 0 Å². The van der Waals surface area contributed by atoms with E-state index in [0.717, 1.165) is 29.9 Å². The van der Waals surface area contributed by atoms with E-state index in [-0.39, 0.29) is 6.61 Å². The molecular formula is C12H18N4O. The van der Waals surface area contributed by atoms with Gasteiger partial charge in [-0.25, -0.2) is 0 Å². The Morgan fingerprint density at radius 3 is 2.65 bits per heavy atom. The lowest BCUT2D eigenvalue weighted by Gasteiger charge is -2.03. The number of nitrogens with zero attached hydrogens (tertiary/aromatic N) is 4. The summed E-state index contributed by atoms with van der Waals surface area (Å²) < 4.78 is 3.75. The van der Waals surface area contributed by atoms with Gasteiger partial charge in [0.2, 0.25) is 0 Å². The van der Waals surface area contributed by atoms with E-state index in [4.69, 9.17) is 0 Å². The van der Waals surface area contributed by atoms with Gasteiger partial charge in [-0.15, -0.1) is 0 Å². The topological polar surface area (TPSA) is 55.9 Å². The second kappa shape index (κ2) is 4.71. The quantitative estimate of drug-likeness (QED) is 0.857. The van der Waals surface area contributed by atoms with Gasteiger partial charge >= 0.3 is 0 Å². The van der Waals surface area contributed by atoms with E-state index in [0.29, 0.717) is 0 Å². The van der Waals surface area contributed by atoms with E-state index in [1.54, 1.807) is 4.68 Å². The van der Waals surface area contributed by atoms with Crippen LogP contribution in [0.15, 0.2) is 12.4 Å². The standard InChI is InChI=1S/C12H18N4O/c1-9-12(8-17)10(2)16(14-9)5-4-11-6-13-15(3)7-11/h6-7,17H,4-5,8H2,1-3H3. The van der Waals surface area contributed by atoms with Crippen LogP contribution >= 0.6 is 0 Å². The Bertz CT molecular complexity index is 513. The van der Waals surface area contributed by atoms with Gasteiger partial charge in [0, 0.05) is 31.0 Å². The average molecular weight is 234 g/mol. The number of aryl methyl sites for hydroxylation is 4. The summed E-state index contributed by atoms with van der Waals surface area (Å²) in [5.41, 5.74) is 4.10. The summed E-state index contributed by atoms with van der Waals surface area (Å²) >= 11 is 0. The fourth-order valence-corrected chi connectivity index (χ4v) is 2.02. The van der Waals surface area contributed by atoms with Gasteiger partial charge in [-0.1, -0.05) is 0 Å². The van der Waals surface area contributed by atoms with Crippen molar-refractivity contribution in [3.8, 4) is 0 Å². The molecule has 0 saturated carbocycles. The summed E-state index contributed by atoms with van der Waals surface area (Å²) in [6.07, 6.45) is 4.79. The molecule has 0 aliphatic rings. The zero-order valence-corrected chi connectivity index (χ0v) is 10.5. The zero-order chi connectivity index (χ0) is 12.4. The second-order valence-electron chi connectivity index (χ2n) is 4.30. The molecule has 92 valence electrons. The fraction of sp³-hybridized carbons (Fsp3) is 0.500. The lowest BCUT2D eigenvalue weighted by Crippen LogP contribution is -2.05. The molecule has 2 rings (SSSR count). The van der Waals surface area contributed by atoms with Gasteiger partial charge in [-0.3, -0.25) is 9.36 Å². The highest BCUT2D eigenvalue weighted by atomic mass is 16.3. The van der Waals surface area contributed by atoms with Crippen molar-refractivity contribution in [1.29, 1.82) is 0 Å². The molecular weight excluding hydrogens is 216 g/mol. The molecule has 0 spiro atoms. The Hall–Kier alpha value is -1.62. The first kappa shape index (κ1) is 11.9. The van der Waals surface area contributed by atoms with Gasteiger partial charge in [-0.05, 0) is 25.8 Å². The number of aromatic nitrogens is 4. The SMILES string of the molecule is Cc1nn(CCc2cnn(C)c2)c(C)c1CO. The maximum Gasteiger partial charge on any atom is 0.0718 e. The van der Waals surface area contributed by atoms with Gasteiger partial charge in [-0.2, -0.15) is 10.2 Å². The van der Waals surface area contributed by atoms with Gasteiger partial charge in [0.05, 0.1) is 18.5 Å². The molecule has 17 heavy (non-hydrogen) atoms. The fourth-order valence-electron chi connectivity index (χ4n) is 2.02. The third-order valence-electron chi connectivity index (χ3n) is 3.06. The summed E-state index contributed by atoms with van der Waals surface area (Å²) in [6, 6.07) is 0. The zero-order valence-electron chi connectivity index (χ0n) is 10.5. The van der Waals surface area contributed by atoms with Gasteiger partial charge < -0.3 is 5.11 Å². The summed E-state index contributed by atoms with van der Waals surface area (Å²) in [4.78, 5) is 0. The molecule has 0 aromatic carbocycles. The molecule has 0 radical (unpaired) electrons. The maximum atomic E-state index is 9.23.